The Morgan fingerprint density at radius 1 is 1.17 bits per heavy atom. The number of aromatic nitrogens is 3. The van der Waals surface area contributed by atoms with Crippen LogP contribution < -0.4 is 0 Å². The molecule has 5 rings (SSSR count). The minimum absolute atomic E-state index is 0.0743. The van der Waals surface area contributed by atoms with Crippen LogP contribution in [0, 0.1) is 0 Å². The van der Waals surface area contributed by atoms with E-state index in [2.05, 4.69) is 40.6 Å². The molecular formula is C18H15N3O2. The topological polar surface area (TPSA) is 60.3 Å². The fourth-order valence-corrected chi connectivity index (χ4v) is 3.57. The molecule has 1 saturated heterocycles. The van der Waals surface area contributed by atoms with Gasteiger partial charge in [-0.05, 0) is 22.8 Å². The van der Waals surface area contributed by atoms with Crippen LogP contribution in [-0.2, 0) is 16.9 Å². The highest BCUT2D eigenvalue weighted by Crippen LogP contribution is 2.47. The first kappa shape index (κ1) is 13.0. The van der Waals surface area contributed by atoms with Crippen molar-refractivity contribution in [3.8, 4) is 0 Å². The smallest absolute Gasteiger partial charge is 0.185 e. The zero-order chi connectivity index (χ0) is 15.4. The number of benzene rings is 2. The highest BCUT2D eigenvalue weighted by molar-refractivity contribution is 5.97. The summed E-state index contributed by atoms with van der Waals surface area (Å²) in [6.07, 6.45) is 1.24. The molecule has 1 aromatic heterocycles. The number of ether oxygens (including phenoxy) is 1. The minimum Gasteiger partial charge on any atom is -0.363 e. The molecule has 2 heterocycles. The number of hydrogen-bond acceptors (Lipinski definition) is 4. The summed E-state index contributed by atoms with van der Waals surface area (Å²) in [5, 5.41) is 10.8. The summed E-state index contributed by atoms with van der Waals surface area (Å²) < 4.78 is 7.53. The highest BCUT2D eigenvalue weighted by Gasteiger charge is 2.54. The Bertz CT molecular complexity index is 935. The molecule has 5 heteroatoms. The minimum atomic E-state index is -0.322. The monoisotopic (exact) mass is 305 g/mol. The van der Waals surface area contributed by atoms with Crippen LogP contribution in [0.2, 0.25) is 0 Å². The van der Waals surface area contributed by atoms with Crippen molar-refractivity contribution in [3.63, 3.8) is 0 Å². The average Bonchev–Trinajstić information content (AvgIpc) is 3.23. The van der Waals surface area contributed by atoms with E-state index in [0.29, 0.717) is 25.3 Å². The summed E-state index contributed by atoms with van der Waals surface area (Å²) in [7, 11) is 0. The Kier molecular flexibility index (Phi) is 2.53. The van der Waals surface area contributed by atoms with E-state index >= 15 is 0 Å². The van der Waals surface area contributed by atoms with Gasteiger partial charge in [-0.15, -0.1) is 5.10 Å². The van der Waals surface area contributed by atoms with Gasteiger partial charge in [-0.3, -0.25) is 4.79 Å². The molecule has 1 unspecified atom stereocenters. The fourth-order valence-electron chi connectivity index (χ4n) is 3.57. The Morgan fingerprint density at radius 3 is 2.87 bits per heavy atom. The van der Waals surface area contributed by atoms with E-state index in [1.165, 1.54) is 16.3 Å². The molecule has 114 valence electrons. The van der Waals surface area contributed by atoms with Gasteiger partial charge in [-0.25, -0.2) is 4.68 Å². The summed E-state index contributed by atoms with van der Waals surface area (Å²) in [5.41, 5.74) is 2.21. The standard InChI is InChI=1S/C18H15N3O2/c22-15-8-9-18(11-23-18)17-16(15)19-20-21(17)10-13-6-3-5-12-4-1-2-7-14(12)13/h1-7H,8-11H2. The average molecular weight is 305 g/mol. The van der Waals surface area contributed by atoms with Gasteiger partial charge in [0, 0.05) is 6.42 Å². The molecule has 5 nitrogen and oxygen atoms in total. The van der Waals surface area contributed by atoms with Gasteiger partial charge in [0.15, 0.2) is 11.5 Å². The normalized spacial score (nSPS) is 22.5. The first-order valence-electron chi connectivity index (χ1n) is 7.85. The Hall–Kier alpha value is -2.53. The van der Waals surface area contributed by atoms with Crippen LogP contribution in [-0.4, -0.2) is 27.4 Å². The van der Waals surface area contributed by atoms with E-state index in [0.717, 1.165) is 12.1 Å². The molecule has 0 saturated carbocycles. The van der Waals surface area contributed by atoms with E-state index < -0.39 is 0 Å². The quantitative estimate of drug-likeness (QED) is 0.683. The van der Waals surface area contributed by atoms with Gasteiger partial charge in [-0.2, -0.15) is 0 Å². The van der Waals surface area contributed by atoms with Gasteiger partial charge in [0.2, 0.25) is 0 Å². The second-order valence-electron chi connectivity index (χ2n) is 6.29. The first-order chi connectivity index (χ1) is 11.3. The number of fused-ring (bicyclic) bond motifs is 3. The van der Waals surface area contributed by atoms with Crippen LogP contribution in [0.15, 0.2) is 42.5 Å². The second kappa shape index (κ2) is 4.49. The summed E-state index contributed by atoms with van der Waals surface area (Å²) in [5.74, 6) is 0.0743. The Balaban J connectivity index is 1.63. The van der Waals surface area contributed by atoms with Crippen molar-refractivity contribution in [1.29, 1.82) is 0 Å². The molecule has 2 aliphatic rings. The number of epoxide rings is 1. The first-order valence-corrected chi connectivity index (χ1v) is 7.85. The lowest BCUT2D eigenvalue weighted by Gasteiger charge is -2.19. The third-order valence-electron chi connectivity index (χ3n) is 4.88. The molecule has 1 spiro atoms. The van der Waals surface area contributed by atoms with E-state index in [1.54, 1.807) is 0 Å². The van der Waals surface area contributed by atoms with E-state index in [9.17, 15) is 4.79 Å². The van der Waals surface area contributed by atoms with Crippen molar-refractivity contribution >= 4 is 16.6 Å². The molecule has 0 amide bonds. The van der Waals surface area contributed by atoms with Crippen LogP contribution in [0.5, 0.6) is 0 Å². The molecule has 1 fully saturated rings. The predicted octanol–water partition coefficient (Wildman–Crippen LogP) is 2.68. The Labute approximate surface area is 132 Å². The lowest BCUT2D eigenvalue weighted by Crippen LogP contribution is -2.25. The number of hydrogen-bond donors (Lipinski definition) is 0. The summed E-state index contributed by atoms with van der Waals surface area (Å²) in [4.78, 5) is 12.1. The van der Waals surface area contributed by atoms with Gasteiger partial charge in [0.05, 0.1) is 13.2 Å². The third-order valence-corrected chi connectivity index (χ3v) is 4.88. The maximum Gasteiger partial charge on any atom is 0.185 e. The molecule has 1 atom stereocenters. The lowest BCUT2D eigenvalue weighted by atomic mass is 9.89. The van der Waals surface area contributed by atoms with Gasteiger partial charge < -0.3 is 4.74 Å². The number of carbonyl (C=O) groups excluding carboxylic acids is 1. The number of ketones is 1. The van der Waals surface area contributed by atoms with Crippen LogP contribution >= 0.6 is 0 Å². The van der Waals surface area contributed by atoms with Crippen molar-refractivity contribution in [2.24, 2.45) is 0 Å². The lowest BCUT2D eigenvalue weighted by molar-refractivity contribution is 0.0939. The molecule has 1 aliphatic heterocycles. The van der Waals surface area contributed by atoms with E-state index in [4.69, 9.17) is 4.74 Å². The SMILES string of the molecule is O=C1CCC2(CO2)c2c1nnn2Cc1cccc2ccccc12. The zero-order valence-electron chi connectivity index (χ0n) is 12.5. The van der Waals surface area contributed by atoms with Crippen molar-refractivity contribution in [2.45, 2.75) is 25.0 Å². The molecule has 0 N–H and O–H groups in total. The van der Waals surface area contributed by atoms with Crippen molar-refractivity contribution in [3.05, 3.63) is 59.4 Å². The van der Waals surface area contributed by atoms with Crippen molar-refractivity contribution < 1.29 is 9.53 Å². The maximum absolute atomic E-state index is 12.1. The van der Waals surface area contributed by atoms with Crippen molar-refractivity contribution in [1.82, 2.24) is 15.0 Å². The fraction of sp³-hybridized carbons (Fsp3) is 0.278. The summed E-state index contributed by atoms with van der Waals surface area (Å²) in [6.45, 7) is 1.26. The largest absolute Gasteiger partial charge is 0.363 e. The van der Waals surface area contributed by atoms with Gasteiger partial charge >= 0.3 is 0 Å². The van der Waals surface area contributed by atoms with Crippen LogP contribution in [0.1, 0.15) is 34.6 Å². The highest BCUT2D eigenvalue weighted by atomic mass is 16.6. The maximum atomic E-state index is 12.1. The predicted molar refractivity (Wildman–Crippen MR) is 84.3 cm³/mol. The van der Waals surface area contributed by atoms with Crippen LogP contribution in [0.3, 0.4) is 0 Å². The van der Waals surface area contributed by atoms with Gasteiger partial charge in [-0.1, -0.05) is 47.7 Å². The summed E-state index contributed by atoms with van der Waals surface area (Å²) in [6, 6.07) is 14.5. The number of nitrogens with zero attached hydrogens (tertiary/aromatic N) is 3. The second-order valence-corrected chi connectivity index (χ2v) is 6.29. The molecule has 0 radical (unpaired) electrons. The van der Waals surface area contributed by atoms with Gasteiger partial charge in [0.1, 0.15) is 11.3 Å². The Morgan fingerprint density at radius 2 is 2.00 bits per heavy atom. The molecule has 2 aromatic carbocycles. The van der Waals surface area contributed by atoms with E-state index in [1.807, 2.05) is 16.8 Å². The number of Topliss-reactive ketones (excluding diaryl/α,β-unsaturated/α-hetero) is 1. The number of carbonyl (C=O) groups is 1. The molecule has 3 aromatic rings. The molecule has 23 heavy (non-hydrogen) atoms. The third kappa shape index (κ3) is 1.86. The van der Waals surface area contributed by atoms with E-state index in [-0.39, 0.29) is 11.4 Å². The van der Waals surface area contributed by atoms with Crippen molar-refractivity contribution in [2.75, 3.05) is 6.61 Å². The molecule has 0 bridgehead atoms. The van der Waals surface area contributed by atoms with Gasteiger partial charge in [0.25, 0.3) is 0 Å². The molecular weight excluding hydrogens is 290 g/mol. The van der Waals surface area contributed by atoms with Crippen LogP contribution in [0.4, 0.5) is 0 Å². The zero-order valence-corrected chi connectivity index (χ0v) is 12.5. The summed E-state index contributed by atoms with van der Waals surface area (Å²) >= 11 is 0. The molecule has 1 aliphatic carbocycles. The van der Waals surface area contributed by atoms with Crippen LogP contribution in [0.25, 0.3) is 10.8 Å². The number of rotatable bonds is 2.